The lowest BCUT2D eigenvalue weighted by Crippen LogP contribution is -1.95. The number of pyridine rings is 1. The van der Waals surface area contributed by atoms with Crippen LogP contribution in [0.2, 0.25) is 0 Å². The zero-order valence-electron chi connectivity index (χ0n) is 6.33. The molecule has 0 fully saturated rings. The molecule has 0 amide bonds. The van der Waals surface area contributed by atoms with E-state index in [9.17, 15) is 0 Å². The highest BCUT2D eigenvalue weighted by molar-refractivity contribution is 8.00. The smallest absolute Gasteiger partial charge is 0.0343 e. The zero-order chi connectivity index (χ0) is 8.10. The highest BCUT2D eigenvalue weighted by Gasteiger charge is 2.00. The van der Waals surface area contributed by atoms with Crippen molar-refractivity contribution in [2.75, 3.05) is 5.88 Å². The molecule has 1 unspecified atom stereocenters. The molecule has 1 atom stereocenters. The molecule has 60 valence electrons. The van der Waals surface area contributed by atoms with Crippen molar-refractivity contribution >= 4 is 23.4 Å². The van der Waals surface area contributed by atoms with Crippen LogP contribution in [0.25, 0.3) is 0 Å². The molecule has 3 heteroatoms. The number of alkyl halides is 1. The maximum absolute atomic E-state index is 5.67. The highest BCUT2D eigenvalue weighted by Crippen LogP contribution is 2.22. The summed E-state index contributed by atoms with van der Waals surface area (Å²) in [6, 6.07) is 3.99. The van der Waals surface area contributed by atoms with Gasteiger partial charge in [-0.05, 0) is 12.1 Å². The van der Waals surface area contributed by atoms with Gasteiger partial charge in [0.15, 0.2) is 0 Å². The summed E-state index contributed by atoms with van der Waals surface area (Å²) in [7, 11) is 0. The molecule has 1 nitrogen and oxygen atoms in total. The molecule has 1 heterocycles. The monoisotopic (exact) mass is 187 g/mol. The molecule has 11 heavy (non-hydrogen) atoms. The van der Waals surface area contributed by atoms with Gasteiger partial charge in [0.1, 0.15) is 0 Å². The standard InChI is InChI=1S/C8H10ClNS/c1-7(6-9)11-8-2-4-10-5-3-8/h2-5,7H,6H2,1H3. The quantitative estimate of drug-likeness (QED) is 0.533. The number of thioether (sulfide) groups is 1. The maximum Gasteiger partial charge on any atom is 0.0343 e. The minimum atomic E-state index is 0.471. The fourth-order valence-electron chi connectivity index (χ4n) is 0.681. The Morgan fingerprint density at radius 3 is 2.73 bits per heavy atom. The van der Waals surface area contributed by atoms with Crippen molar-refractivity contribution in [2.24, 2.45) is 0 Å². The van der Waals surface area contributed by atoms with E-state index in [1.165, 1.54) is 4.90 Å². The first-order chi connectivity index (χ1) is 5.33. The Bertz CT molecular complexity index is 203. The van der Waals surface area contributed by atoms with Gasteiger partial charge in [-0.3, -0.25) is 4.98 Å². The van der Waals surface area contributed by atoms with E-state index in [2.05, 4.69) is 11.9 Å². The second-order valence-electron chi connectivity index (χ2n) is 2.27. The Hall–Kier alpha value is -0.210. The topological polar surface area (TPSA) is 12.9 Å². The van der Waals surface area contributed by atoms with Gasteiger partial charge in [0.2, 0.25) is 0 Å². The minimum Gasteiger partial charge on any atom is -0.265 e. The lowest BCUT2D eigenvalue weighted by atomic mass is 10.5. The lowest BCUT2D eigenvalue weighted by molar-refractivity contribution is 1.11. The van der Waals surface area contributed by atoms with Gasteiger partial charge in [-0.15, -0.1) is 23.4 Å². The number of nitrogens with zero attached hydrogens (tertiary/aromatic N) is 1. The summed E-state index contributed by atoms with van der Waals surface area (Å²) >= 11 is 7.44. The summed E-state index contributed by atoms with van der Waals surface area (Å²) in [6.07, 6.45) is 3.59. The molecule has 1 aromatic heterocycles. The number of rotatable bonds is 3. The predicted molar refractivity (Wildman–Crippen MR) is 50.3 cm³/mol. The fraction of sp³-hybridized carbons (Fsp3) is 0.375. The Labute approximate surface area is 76.2 Å². The van der Waals surface area contributed by atoms with Crippen LogP contribution in [0.15, 0.2) is 29.4 Å². The van der Waals surface area contributed by atoms with Crippen LogP contribution < -0.4 is 0 Å². The molecule has 0 aromatic carbocycles. The van der Waals surface area contributed by atoms with E-state index in [1.54, 1.807) is 24.2 Å². The molecule has 0 spiro atoms. The van der Waals surface area contributed by atoms with E-state index in [1.807, 2.05) is 12.1 Å². The molecular weight excluding hydrogens is 178 g/mol. The van der Waals surface area contributed by atoms with Crippen molar-refractivity contribution in [1.82, 2.24) is 4.98 Å². The van der Waals surface area contributed by atoms with Crippen LogP contribution in [0, 0.1) is 0 Å². The molecule has 0 saturated carbocycles. The number of halogens is 1. The predicted octanol–water partition coefficient (Wildman–Crippen LogP) is 2.80. The lowest BCUT2D eigenvalue weighted by Gasteiger charge is -2.05. The SMILES string of the molecule is CC(CCl)Sc1ccncc1. The molecule has 0 bridgehead atoms. The third-order valence-electron chi connectivity index (χ3n) is 1.20. The van der Waals surface area contributed by atoms with Crippen molar-refractivity contribution < 1.29 is 0 Å². The third kappa shape index (κ3) is 3.12. The zero-order valence-corrected chi connectivity index (χ0v) is 7.90. The van der Waals surface area contributed by atoms with E-state index in [0.717, 1.165) is 0 Å². The molecular formula is C8H10ClNS. The van der Waals surface area contributed by atoms with Crippen molar-refractivity contribution in [3.05, 3.63) is 24.5 Å². The molecule has 0 aliphatic carbocycles. The van der Waals surface area contributed by atoms with Gasteiger partial charge >= 0.3 is 0 Å². The molecule has 0 aliphatic heterocycles. The average molecular weight is 188 g/mol. The number of hydrogen-bond acceptors (Lipinski definition) is 2. The van der Waals surface area contributed by atoms with Crippen LogP contribution >= 0.6 is 23.4 Å². The summed E-state index contributed by atoms with van der Waals surface area (Å²) in [5.41, 5.74) is 0. The summed E-state index contributed by atoms with van der Waals surface area (Å²) in [5, 5.41) is 0.471. The van der Waals surface area contributed by atoms with Crippen LogP contribution in [0.1, 0.15) is 6.92 Å². The molecule has 0 saturated heterocycles. The van der Waals surface area contributed by atoms with E-state index < -0.39 is 0 Å². The van der Waals surface area contributed by atoms with Crippen molar-refractivity contribution in [3.63, 3.8) is 0 Å². The Kier molecular flexibility index (Phi) is 3.73. The van der Waals surface area contributed by atoms with Crippen LogP contribution in [-0.2, 0) is 0 Å². The summed E-state index contributed by atoms with van der Waals surface area (Å²) in [4.78, 5) is 5.16. The normalized spacial score (nSPS) is 12.9. The first-order valence-electron chi connectivity index (χ1n) is 3.45. The summed E-state index contributed by atoms with van der Waals surface area (Å²) < 4.78 is 0. The first kappa shape index (κ1) is 8.88. The van der Waals surface area contributed by atoms with Crippen LogP contribution in [0.3, 0.4) is 0 Å². The van der Waals surface area contributed by atoms with E-state index in [-0.39, 0.29) is 0 Å². The maximum atomic E-state index is 5.67. The minimum absolute atomic E-state index is 0.471. The highest BCUT2D eigenvalue weighted by atomic mass is 35.5. The van der Waals surface area contributed by atoms with Crippen LogP contribution in [0.5, 0.6) is 0 Å². The van der Waals surface area contributed by atoms with Crippen molar-refractivity contribution in [1.29, 1.82) is 0 Å². The Balaban J connectivity index is 2.51. The average Bonchev–Trinajstić information content (AvgIpc) is 2.06. The van der Waals surface area contributed by atoms with Gasteiger partial charge in [0.25, 0.3) is 0 Å². The third-order valence-corrected chi connectivity index (χ3v) is 2.96. The largest absolute Gasteiger partial charge is 0.265 e. The first-order valence-corrected chi connectivity index (χ1v) is 4.87. The van der Waals surface area contributed by atoms with Gasteiger partial charge in [-0.25, -0.2) is 0 Å². The number of hydrogen-bond donors (Lipinski definition) is 0. The second-order valence-corrected chi connectivity index (χ2v) is 4.09. The molecule has 0 N–H and O–H groups in total. The second kappa shape index (κ2) is 4.62. The summed E-state index contributed by atoms with van der Waals surface area (Å²) in [5.74, 6) is 0.687. The van der Waals surface area contributed by atoms with Gasteiger partial charge in [0.05, 0.1) is 0 Å². The Morgan fingerprint density at radius 1 is 1.55 bits per heavy atom. The summed E-state index contributed by atoms with van der Waals surface area (Å²) in [6.45, 7) is 2.11. The number of aromatic nitrogens is 1. The van der Waals surface area contributed by atoms with Crippen LogP contribution in [-0.4, -0.2) is 16.1 Å². The van der Waals surface area contributed by atoms with E-state index in [0.29, 0.717) is 11.1 Å². The molecule has 1 aromatic rings. The van der Waals surface area contributed by atoms with Crippen molar-refractivity contribution in [3.8, 4) is 0 Å². The Morgan fingerprint density at radius 2 is 2.18 bits per heavy atom. The van der Waals surface area contributed by atoms with Gasteiger partial charge < -0.3 is 0 Å². The molecule has 0 radical (unpaired) electrons. The van der Waals surface area contributed by atoms with Gasteiger partial charge in [0, 0.05) is 28.4 Å². The van der Waals surface area contributed by atoms with Gasteiger partial charge in [-0.2, -0.15) is 0 Å². The van der Waals surface area contributed by atoms with Crippen LogP contribution in [0.4, 0.5) is 0 Å². The van der Waals surface area contributed by atoms with E-state index >= 15 is 0 Å². The molecule has 1 rings (SSSR count). The van der Waals surface area contributed by atoms with E-state index in [4.69, 9.17) is 11.6 Å². The molecule has 0 aliphatic rings. The fourth-order valence-corrected chi connectivity index (χ4v) is 1.68. The van der Waals surface area contributed by atoms with Crippen molar-refractivity contribution in [2.45, 2.75) is 17.1 Å². The van der Waals surface area contributed by atoms with Gasteiger partial charge in [-0.1, -0.05) is 6.92 Å².